The fourth-order valence-electron chi connectivity index (χ4n) is 1.39. The molecule has 0 fully saturated rings. The molecule has 0 heterocycles. The average molecular weight is 251 g/mol. The Balaban J connectivity index is 3.29. The highest BCUT2D eigenvalue weighted by Crippen LogP contribution is 2.19. The van der Waals surface area contributed by atoms with Crippen LogP contribution in [-0.4, -0.2) is 18.5 Å². The van der Waals surface area contributed by atoms with E-state index in [0.717, 1.165) is 17.4 Å². The molecule has 2 unspecified atom stereocenters. The van der Waals surface area contributed by atoms with E-state index < -0.39 is 0 Å². The maximum Gasteiger partial charge on any atom is 0.0464 e. The Hall–Kier alpha value is 0.440. The van der Waals surface area contributed by atoms with Crippen LogP contribution in [0.5, 0.6) is 0 Å². The van der Waals surface area contributed by atoms with Crippen molar-refractivity contribution in [2.45, 2.75) is 50.8 Å². The van der Waals surface area contributed by atoms with Gasteiger partial charge in [0.05, 0.1) is 0 Å². The van der Waals surface area contributed by atoms with Crippen molar-refractivity contribution in [1.29, 1.82) is 0 Å². The van der Waals surface area contributed by atoms with Crippen LogP contribution in [0.3, 0.4) is 0 Å². The van der Waals surface area contributed by atoms with Crippen LogP contribution in [0.1, 0.15) is 46.0 Å². The summed E-state index contributed by atoms with van der Waals surface area (Å²) in [5.74, 6) is 0.803. The van der Waals surface area contributed by atoms with E-state index in [-0.39, 0.29) is 0 Å². The number of hydrogen-bond acceptors (Lipinski definition) is 1. The standard InChI is InChI=1S/C11H23BrO/c1-4-5-11(12)7-6-10(2)8-9-13-3/h10-11H,4-9H2,1-3H3. The van der Waals surface area contributed by atoms with Gasteiger partial charge in [0.25, 0.3) is 0 Å². The number of rotatable bonds is 8. The van der Waals surface area contributed by atoms with E-state index in [0.29, 0.717) is 0 Å². The number of alkyl halides is 1. The van der Waals surface area contributed by atoms with Gasteiger partial charge in [0, 0.05) is 18.5 Å². The van der Waals surface area contributed by atoms with Crippen LogP contribution in [0, 0.1) is 5.92 Å². The Morgan fingerprint density at radius 1 is 1.15 bits per heavy atom. The molecule has 0 aliphatic heterocycles. The van der Waals surface area contributed by atoms with Crippen molar-refractivity contribution in [2.75, 3.05) is 13.7 Å². The van der Waals surface area contributed by atoms with Gasteiger partial charge in [0.2, 0.25) is 0 Å². The van der Waals surface area contributed by atoms with E-state index in [1.165, 1.54) is 32.1 Å². The molecule has 0 saturated carbocycles. The molecule has 0 amide bonds. The van der Waals surface area contributed by atoms with Gasteiger partial charge < -0.3 is 4.74 Å². The van der Waals surface area contributed by atoms with Gasteiger partial charge in [-0.3, -0.25) is 0 Å². The van der Waals surface area contributed by atoms with E-state index in [1.54, 1.807) is 7.11 Å². The third-order valence-corrected chi connectivity index (χ3v) is 3.31. The van der Waals surface area contributed by atoms with Crippen LogP contribution in [0.2, 0.25) is 0 Å². The Labute approximate surface area is 91.4 Å². The molecule has 0 rings (SSSR count). The minimum Gasteiger partial charge on any atom is -0.385 e. The Bertz CT molecular complexity index is 106. The van der Waals surface area contributed by atoms with Gasteiger partial charge in [0.1, 0.15) is 0 Å². The molecule has 0 aliphatic rings. The van der Waals surface area contributed by atoms with E-state index in [1.807, 2.05) is 0 Å². The lowest BCUT2D eigenvalue weighted by Crippen LogP contribution is -2.04. The molecule has 0 aromatic heterocycles. The molecular weight excluding hydrogens is 228 g/mol. The zero-order chi connectivity index (χ0) is 10.1. The van der Waals surface area contributed by atoms with Gasteiger partial charge >= 0.3 is 0 Å². The second-order valence-electron chi connectivity index (χ2n) is 3.85. The summed E-state index contributed by atoms with van der Waals surface area (Å²) in [5, 5.41) is 0. The van der Waals surface area contributed by atoms with Crippen molar-refractivity contribution in [1.82, 2.24) is 0 Å². The van der Waals surface area contributed by atoms with Crippen molar-refractivity contribution >= 4 is 15.9 Å². The topological polar surface area (TPSA) is 9.23 Å². The highest BCUT2D eigenvalue weighted by Gasteiger charge is 2.06. The van der Waals surface area contributed by atoms with Crippen LogP contribution in [0.25, 0.3) is 0 Å². The average Bonchev–Trinajstić information content (AvgIpc) is 2.12. The molecule has 80 valence electrons. The maximum atomic E-state index is 5.06. The minimum absolute atomic E-state index is 0.725. The smallest absolute Gasteiger partial charge is 0.0464 e. The lowest BCUT2D eigenvalue weighted by atomic mass is 10.00. The normalized spacial score (nSPS) is 15.7. The van der Waals surface area contributed by atoms with Crippen LogP contribution in [-0.2, 0) is 4.74 Å². The highest BCUT2D eigenvalue weighted by atomic mass is 79.9. The first-order valence-corrected chi connectivity index (χ1v) is 6.25. The monoisotopic (exact) mass is 250 g/mol. The predicted molar refractivity (Wildman–Crippen MR) is 62.5 cm³/mol. The first kappa shape index (κ1) is 13.4. The van der Waals surface area contributed by atoms with E-state index in [4.69, 9.17) is 4.74 Å². The van der Waals surface area contributed by atoms with E-state index in [2.05, 4.69) is 29.8 Å². The third-order valence-electron chi connectivity index (χ3n) is 2.39. The summed E-state index contributed by atoms with van der Waals surface area (Å²) >= 11 is 3.70. The highest BCUT2D eigenvalue weighted by molar-refractivity contribution is 9.09. The van der Waals surface area contributed by atoms with Crippen LogP contribution < -0.4 is 0 Å². The second kappa shape index (κ2) is 9.01. The Morgan fingerprint density at radius 3 is 2.38 bits per heavy atom. The number of ether oxygens (including phenoxy) is 1. The molecule has 2 atom stereocenters. The van der Waals surface area contributed by atoms with Crippen LogP contribution in [0.4, 0.5) is 0 Å². The number of halogens is 1. The molecule has 1 nitrogen and oxygen atoms in total. The summed E-state index contributed by atoms with van der Waals surface area (Å²) < 4.78 is 5.06. The fourth-order valence-corrected chi connectivity index (χ4v) is 2.11. The van der Waals surface area contributed by atoms with Gasteiger partial charge in [-0.05, 0) is 31.6 Å². The van der Waals surface area contributed by atoms with Gasteiger partial charge in [0.15, 0.2) is 0 Å². The molecular formula is C11H23BrO. The second-order valence-corrected chi connectivity index (χ2v) is 5.14. The SMILES string of the molecule is CCCC(Br)CCC(C)CCOC. The number of methoxy groups -OCH3 is 1. The zero-order valence-corrected chi connectivity index (χ0v) is 10.8. The van der Waals surface area contributed by atoms with E-state index in [9.17, 15) is 0 Å². The summed E-state index contributed by atoms with van der Waals surface area (Å²) in [7, 11) is 1.77. The molecule has 13 heavy (non-hydrogen) atoms. The first-order valence-electron chi connectivity index (χ1n) is 5.33. The molecule has 0 bridgehead atoms. The molecule has 0 radical (unpaired) electrons. The van der Waals surface area contributed by atoms with Crippen molar-refractivity contribution in [2.24, 2.45) is 5.92 Å². The Kier molecular flexibility index (Phi) is 9.32. The van der Waals surface area contributed by atoms with Crippen molar-refractivity contribution < 1.29 is 4.74 Å². The molecule has 0 aromatic carbocycles. The lowest BCUT2D eigenvalue weighted by molar-refractivity contribution is 0.178. The van der Waals surface area contributed by atoms with E-state index >= 15 is 0 Å². The third kappa shape index (κ3) is 8.76. The van der Waals surface area contributed by atoms with Gasteiger partial charge in [-0.1, -0.05) is 36.2 Å². The van der Waals surface area contributed by atoms with Crippen molar-refractivity contribution in [3.05, 3.63) is 0 Å². The summed E-state index contributed by atoms with van der Waals surface area (Å²) in [6, 6.07) is 0. The van der Waals surface area contributed by atoms with Gasteiger partial charge in [-0.25, -0.2) is 0 Å². The summed E-state index contributed by atoms with van der Waals surface area (Å²) in [6.45, 7) is 5.45. The zero-order valence-electron chi connectivity index (χ0n) is 9.18. The van der Waals surface area contributed by atoms with Gasteiger partial charge in [-0.2, -0.15) is 0 Å². The van der Waals surface area contributed by atoms with Crippen molar-refractivity contribution in [3.63, 3.8) is 0 Å². The van der Waals surface area contributed by atoms with Crippen LogP contribution >= 0.6 is 15.9 Å². The first-order chi connectivity index (χ1) is 6.20. The predicted octanol–water partition coefficient (Wildman–Crippen LogP) is 4.00. The lowest BCUT2D eigenvalue weighted by Gasteiger charge is -2.13. The summed E-state index contributed by atoms with van der Waals surface area (Å²) in [4.78, 5) is 0.725. The van der Waals surface area contributed by atoms with Gasteiger partial charge in [-0.15, -0.1) is 0 Å². The molecule has 2 heteroatoms. The Morgan fingerprint density at radius 2 is 1.85 bits per heavy atom. The molecule has 0 N–H and O–H groups in total. The quantitative estimate of drug-likeness (QED) is 0.592. The largest absolute Gasteiger partial charge is 0.385 e. The van der Waals surface area contributed by atoms with Crippen LogP contribution in [0.15, 0.2) is 0 Å². The maximum absolute atomic E-state index is 5.06. The minimum atomic E-state index is 0.725. The molecule has 0 saturated heterocycles. The van der Waals surface area contributed by atoms with Crippen molar-refractivity contribution in [3.8, 4) is 0 Å². The molecule has 0 spiro atoms. The number of hydrogen-bond donors (Lipinski definition) is 0. The molecule has 0 aliphatic carbocycles. The summed E-state index contributed by atoms with van der Waals surface area (Å²) in [6.07, 6.45) is 6.40. The molecule has 0 aromatic rings. The fraction of sp³-hybridized carbons (Fsp3) is 1.00. The summed E-state index contributed by atoms with van der Waals surface area (Å²) in [5.41, 5.74) is 0.